The van der Waals surface area contributed by atoms with Crippen LogP contribution in [0.2, 0.25) is 10.0 Å². The van der Waals surface area contributed by atoms with Gasteiger partial charge in [-0.15, -0.1) is 0 Å². The van der Waals surface area contributed by atoms with E-state index in [2.05, 4.69) is 0 Å². The summed E-state index contributed by atoms with van der Waals surface area (Å²) in [7, 11) is 0. The molecular weight excluding hydrogens is 436 g/mol. The van der Waals surface area contributed by atoms with Crippen LogP contribution in [0.5, 0.6) is 23.0 Å². The van der Waals surface area contributed by atoms with Gasteiger partial charge in [0.25, 0.3) is 0 Å². The number of alkyl halides is 3. The predicted octanol–water partition coefficient (Wildman–Crippen LogP) is 5.98. The monoisotopic (exact) mass is 448 g/mol. The van der Waals surface area contributed by atoms with Crippen molar-refractivity contribution in [2.75, 3.05) is 6.61 Å². The Hall–Kier alpha value is -2.58. The van der Waals surface area contributed by atoms with E-state index in [4.69, 9.17) is 37.4 Å². The Bertz CT molecular complexity index is 971. The van der Waals surface area contributed by atoms with Gasteiger partial charge in [-0.1, -0.05) is 23.2 Å². The third-order valence-electron chi connectivity index (χ3n) is 3.89. The zero-order valence-corrected chi connectivity index (χ0v) is 16.2. The SMILES string of the molecule is CCOc1ccc(Oc2c(Cl)cc(Cl)c3c2C=C(C(=O)O)C(C(F)(F)F)O3)cc1. The molecule has 0 aromatic heterocycles. The van der Waals surface area contributed by atoms with Crippen LogP contribution < -0.4 is 14.2 Å². The van der Waals surface area contributed by atoms with Crippen molar-refractivity contribution in [3.05, 3.63) is 51.5 Å². The maximum atomic E-state index is 13.3. The van der Waals surface area contributed by atoms with Gasteiger partial charge < -0.3 is 19.3 Å². The van der Waals surface area contributed by atoms with Crippen molar-refractivity contribution in [3.8, 4) is 23.0 Å². The second-order valence-electron chi connectivity index (χ2n) is 5.86. The summed E-state index contributed by atoms with van der Waals surface area (Å²) >= 11 is 12.2. The summed E-state index contributed by atoms with van der Waals surface area (Å²) in [4.78, 5) is 11.4. The lowest BCUT2D eigenvalue weighted by molar-refractivity contribution is -0.187. The number of hydrogen-bond acceptors (Lipinski definition) is 4. The Labute approximate surface area is 173 Å². The number of carbonyl (C=O) groups is 1. The van der Waals surface area contributed by atoms with Crippen molar-refractivity contribution in [2.24, 2.45) is 0 Å². The molecule has 0 bridgehead atoms. The summed E-state index contributed by atoms with van der Waals surface area (Å²) < 4.78 is 55.7. The van der Waals surface area contributed by atoms with Crippen LogP contribution in [0.15, 0.2) is 35.9 Å². The molecule has 2 aromatic carbocycles. The van der Waals surface area contributed by atoms with Crippen LogP contribution in [0.25, 0.3) is 6.08 Å². The molecule has 1 heterocycles. The Morgan fingerprint density at radius 1 is 1.17 bits per heavy atom. The van der Waals surface area contributed by atoms with Crippen LogP contribution in [0.1, 0.15) is 12.5 Å². The Balaban J connectivity index is 2.08. The summed E-state index contributed by atoms with van der Waals surface area (Å²) in [6, 6.07) is 7.55. The van der Waals surface area contributed by atoms with Crippen LogP contribution in [-0.2, 0) is 4.79 Å². The van der Waals surface area contributed by atoms with Crippen molar-refractivity contribution in [3.63, 3.8) is 0 Å². The molecule has 3 rings (SSSR count). The number of benzene rings is 2. The van der Waals surface area contributed by atoms with Gasteiger partial charge in [0.2, 0.25) is 6.10 Å². The predicted molar refractivity (Wildman–Crippen MR) is 100 cm³/mol. The van der Waals surface area contributed by atoms with E-state index in [9.17, 15) is 23.1 Å². The van der Waals surface area contributed by atoms with Gasteiger partial charge in [0.15, 0.2) is 5.75 Å². The van der Waals surface area contributed by atoms with Gasteiger partial charge >= 0.3 is 12.1 Å². The normalized spacial score (nSPS) is 15.8. The first-order chi connectivity index (χ1) is 13.6. The highest BCUT2D eigenvalue weighted by Crippen LogP contribution is 2.48. The van der Waals surface area contributed by atoms with E-state index in [0.29, 0.717) is 18.1 Å². The van der Waals surface area contributed by atoms with Crippen molar-refractivity contribution in [1.29, 1.82) is 0 Å². The van der Waals surface area contributed by atoms with E-state index in [1.54, 1.807) is 24.3 Å². The topological polar surface area (TPSA) is 65.0 Å². The van der Waals surface area contributed by atoms with Crippen LogP contribution >= 0.6 is 23.2 Å². The smallest absolute Gasteiger partial charge is 0.430 e. The maximum absolute atomic E-state index is 13.3. The Morgan fingerprint density at radius 3 is 2.34 bits per heavy atom. The van der Waals surface area contributed by atoms with Gasteiger partial charge in [-0.2, -0.15) is 13.2 Å². The average molecular weight is 449 g/mol. The lowest BCUT2D eigenvalue weighted by atomic mass is 10.0. The average Bonchev–Trinajstić information content (AvgIpc) is 2.65. The fourth-order valence-electron chi connectivity index (χ4n) is 2.68. The Morgan fingerprint density at radius 2 is 1.79 bits per heavy atom. The number of carboxylic acid groups (broad SMARTS) is 1. The number of hydrogen-bond donors (Lipinski definition) is 1. The standard InChI is InChI=1S/C19H13Cl2F3O5/c1-2-27-9-3-5-10(6-4-9)28-15-11-7-12(18(25)26)17(19(22,23)24)29-16(11)14(21)8-13(15)20/h3-8,17H,2H2,1H3,(H,25,26). The molecule has 5 nitrogen and oxygen atoms in total. The summed E-state index contributed by atoms with van der Waals surface area (Å²) in [6.45, 7) is 2.29. The minimum atomic E-state index is -4.96. The summed E-state index contributed by atoms with van der Waals surface area (Å²) in [5, 5.41) is 8.99. The molecule has 0 spiro atoms. The van der Waals surface area contributed by atoms with Crippen molar-refractivity contribution in [1.82, 2.24) is 0 Å². The van der Waals surface area contributed by atoms with Crippen molar-refractivity contribution in [2.45, 2.75) is 19.2 Å². The quantitative estimate of drug-likeness (QED) is 0.609. The number of ether oxygens (including phenoxy) is 3. The first-order valence-electron chi connectivity index (χ1n) is 8.22. The third-order valence-corrected chi connectivity index (χ3v) is 4.45. The highest BCUT2D eigenvalue weighted by Gasteiger charge is 2.49. The number of carboxylic acids is 1. The van der Waals surface area contributed by atoms with Crippen LogP contribution in [0.3, 0.4) is 0 Å². The van der Waals surface area contributed by atoms with E-state index >= 15 is 0 Å². The molecule has 0 saturated carbocycles. The molecule has 1 aliphatic rings. The molecular formula is C19H13Cl2F3O5. The van der Waals surface area contributed by atoms with Gasteiger partial charge in [0.1, 0.15) is 17.2 Å². The first kappa shape index (κ1) is 21.1. The van der Waals surface area contributed by atoms with Gasteiger partial charge in [0, 0.05) is 0 Å². The minimum Gasteiger partial charge on any atom is -0.494 e. The van der Waals surface area contributed by atoms with Crippen molar-refractivity contribution >= 4 is 35.2 Å². The zero-order chi connectivity index (χ0) is 21.3. The third kappa shape index (κ3) is 4.38. The Kier molecular flexibility index (Phi) is 5.86. The second-order valence-corrected chi connectivity index (χ2v) is 6.68. The highest BCUT2D eigenvalue weighted by molar-refractivity contribution is 6.37. The molecule has 154 valence electrons. The maximum Gasteiger partial charge on any atom is 0.430 e. The molecule has 0 fully saturated rings. The van der Waals surface area contributed by atoms with E-state index in [1.165, 1.54) is 6.07 Å². The number of rotatable bonds is 5. The molecule has 29 heavy (non-hydrogen) atoms. The van der Waals surface area contributed by atoms with E-state index < -0.39 is 23.8 Å². The molecule has 0 saturated heterocycles. The van der Waals surface area contributed by atoms with E-state index in [-0.39, 0.29) is 27.1 Å². The molecule has 1 unspecified atom stereocenters. The molecule has 1 aliphatic heterocycles. The van der Waals surface area contributed by atoms with Crippen LogP contribution in [0, 0.1) is 0 Å². The summed E-state index contributed by atoms with van der Waals surface area (Å²) in [5.74, 6) is -1.36. The highest BCUT2D eigenvalue weighted by atomic mass is 35.5. The van der Waals surface area contributed by atoms with Gasteiger partial charge in [0.05, 0.1) is 27.8 Å². The molecule has 0 amide bonds. The number of fused-ring (bicyclic) bond motifs is 1. The molecule has 0 aliphatic carbocycles. The molecule has 1 atom stereocenters. The van der Waals surface area contributed by atoms with E-state index in [1.807, 2.05) is 6.92 Å². The molecule has 0 radical (unpaired) electrons. The molecule has 1 N–H and O–H groups in total. The molecule has 10 heteroatoms. The largest absolute Gasteiger partial charge is 0.494 e. The lowest BCUT2D eigenvalue weighted by Gasteiger charge is -2.28. The van der Waals surface area contributed by atoms with E-state index in [0.717, 1.165) is 6.08 Å². The summed E-state index contributed by atoms with van der Waals surface area (Å²) in [5.41, 5.74) is -1.12. The number of halogens is 5. The van der Waals surface area contributed by atoms with Gasteiger partial charge in [-0.3, -0.25) is 0 Å². The van der Waals surface area contributed by atoms with Gasteiger partial charge in [-0.05, 0) is 43.3 Å². The summed E-state index contributed by atoms with van der Waals surface area (Å²) in [6.07, 6.45) is -6.83. The fourth-order valence-corrected chi connectivity index (χ4v) is 3.24. The van der Waals surface area contributed by atoms with Gasteiger partial charge in [-0.25, -0.2) is 4.79 Å². The van der Waals surface area contributed by atoms with Crippen LogP contribution in [0.4, 0.5) is 13.2 Å². The fraction of sp³-hybridized carbons (Fsp3) is 0.211. The molecule has 2 aromatic rings. The first-order valence-corrected chi connectivity index (χ1v) is 8.98. The van der Waals surface area contributed by atoms with Crippen molar-refractivity contribution < 1.29 is 37.3 Å². The van der Waals surface area contributed by atoms with Crippen LogP contribution in [-0.4, -0.2) is 30.0 Å². The zero-order valence-electron chi connectivity index (χ0n) is 14.7. The second kappa shape index (κ2) is 8.04. The minimum absolute atomic E-state index is 0.0299. The lowest BCUT2D eigenvalue weighted by Crippen LogP contribution is -2.40. The number of aliphatic carboxylic acids is 1.